The molecule has 2 saturated heterocycles. The molecule has 4 amide bonds. The predicted molar refractivity (Wildman–Crippen MR) is 267 cm³/mol. The number of β-amino-alcohol motifs (C(OH)–C–C–N with tert-alkyl or cyclic N) is 1. The number of nitrogens with one attached hydrogen (secondary N) is 2. The van der Waals surface area contributed by atoms with E-state index in [2.05, 4.69) is 15.6 Å². The lowest BCUT2D eigenvalue weighted by atomic mass is 9.85. The monoisotopic (exact) mass is 1010 g/mol. The molecule has 2 fully saturated rings. The summed E-state index contributed by atoms with van der Waals surface area (Å²) < 4.78 is 53.0. The van der Waals surface area contributed by atoms with E-state index in [-0.39, 0.29) is 30.3 Å². The van der Waals surface area contributed by atoms with Crippen LogP contribution in [0.2, 0.25) is 0 Å². The van der Waals surface area contributed by atoms with Gasteiger partial charge in [0.15, 0.2) is 5.11 Å². The molecule has 4 aromatic carbocycles. The topological polar surface area (TPSA) is 177 Å². The van der Waals surface area contributed by atoms with Crippen LogP contribution in [0.3, 0.4) is 0 Å². The zero-order chi connectivity index (χ0) is 51.4. The molecule has 0 aliphatic carbocycles. The average molecular weight is 1010 g/mol. The van der Waals surface area contributed by atoms with Crippen LogP contribution in [0.1, 0.15) is 86.6 Å². The summed E-state index contributed by atoms with van der Waals surface area (Å²) in [5.74, 6) is -0.793. The van der Waals surface area contributed by atoms with Gasteiger partial charge in [0.25, 0.3) is 11.8 Å². The molecule has 71 heavy (non-hydrogen) atoms. The maximum atomic E-state index is 14.1. The van der Waals surface area contributed by atoms with Crippen molar-refractivity contribution in [3.05, 3.63) is 124 Å². The number of aromatic nitrogens is 1. The van der Waals surface area contributed by atoms with E-state index in [1.165, 1.54) is 11.0 Å². The summed E-state index contributed by atoms with van der Waals surface area (Å²) in [6.45, 7) is 11.6. The number of anilines is 2. The molecule has 0 radical (unpaired) electrons. The van der Waals surface area contributed by atoms with Crippen LogP contribution in [0.25, 0.3) is 10.4 Å². The fourth-order valence-electron chi connectivity index (χ4n) is 8.43. The zero-order valence-electron chi connectivity index (χ0n) is 40.0. The van der Waals surface area contributed by atoms with Gasteiger partial charge in [-0.1, -0.05) is 45.0 Å². The van der Waals surface area contributed by atoms with Gasteiger partial charge in [0, 0.05) is 30.8 Å². The van der Waals surface area contributed by atoms with Gasteiger partial charge < -0.3 is 35.0 Å². The number of carbonyl (C=O) groups excluding carboxylic acids is 4. The number of rotatable bonds is 16. The first kappa shape index (κ1) is 52.0. The van der Waals surface area contributed by atoms with Gasteiger partial charge in [-0.25, -0.2) is 4.98 Å². The van der Waals surface area contributed by atoms with Crippen molar-refractivity contribution >= 4 is 63.7 Å². The van der Waals surface area contributed by atoms with Crippen LogP contribution in [-0.2, 0) is 27.1 Å². The number of amides is 4. The molecule has 372 valence electrons. The maximum Gasteiger partial charge on any atom is 0.417 e. The maximum absolute atomic E-state index is 14.1. The minimum Gasteiger partial charge on any atom is -0.494 e. The summed E-state index contributed by atoms with van der Waals surface area (Å²) in [4.78, 5) is 64.1. The minimum atomic E-state index is -4.81. The van der Waals surface area contributed by atoms with E-state index in [9.17, 15) is 42.7 Å². The summed E-state index contributed by atoms with van der Waals surface area (Å²) in [6.07, 6.45) is -4.36. The van der Waals surface area contributed by atoms with Gasteiger partial charge in [-0.15, -0.1) is 11.3 Å². The van der Waals surface area contributed by atoms with Crippen LogP contribution in [0.5, 0.6) is 11.5 Å². The van der Waals surface area contributed by atoms with Crippen LogP contribution in [0.15, 0.2) is 96.5 Å². The fraction of sp³-hybridized carbons (Fsp3) is 0.365. The molecule has 7 rings (SSSR count). The number of benzene rings is 4. The van der Waals surface area contributed by atoms with Crippen LogP contribution in [0.4, 0.5) is 24.5 Å². The lowest BCUT2D eigenvalue weighted by Gasteiger charge is -2.35. The second-order valence-electron chi connectivity index (χ2n) is 18.9. The number of likely N-dealkylation sites (tertiary alicyclic amines) is 1. The quantitative estimate of drug-likeness (QED) is 0.0637. The fourth-order valence-corrected chi connectivity index (χ4v) is 9.77. The lowest BCUT2D eigenvalue weighted by Crippen LogP contribution is -2.57. The van der Waals surface area contributed by atoms with E-state index in [1.54, 1.807) is 90.2 Å². The molecular formula is C52H54F3N7O7S2. The van der Waals surface area contributed by atoms with E-state index >= 15 is 0 Å². The smallest absolute Gasteiger partial charge is 0.417 e. The minimum absolute atomic E-state index is 0.0138. The van der Waals surface area contributed by atoms with Crippen LogP contribution < -0.4 is 29.9 Å². The first-order chi connectivity index (χ1) is 33.6. The molecular weight excluding hydrogens is 956 g/mol. The summed E-state index contributed by atoms with van der Waals surface area (Å²) in [5, 5.41) is 25.6. The molecule has 14 nitrogen and oxygen atoms in total. The molecule has 19 heteroatoms. The Labute approximate surface area is 419 Å². The summed E-state index contributed by atoms with van der Waals surface area (Å²) in [6, 6.07) is 23.8. The van der Waals surface area contributed by atoms with E-state index in [0.29, 0.717) is 48.8 Å². The number of alkyl halides is 3. The van der Waals surface area contributed by atoms with E-state index in [4.69, 9.17) is 21.7 Å². The molecule has 5 aromatic rings. The Bertz CT molecular complexity index is 2820. The first-order valence-corrected chi connectivity index (χ1v) is 24.2. The Morgan fingerprint density at radius 1 is 0.944 bits per heavy atom. The van der Waals surface area contributed by atoms with Crippen LogP contribution in [-0.4, -0.2) is 87.2 Å². The van der Waals surface area contributed by atoms with Gasteiger partial charge in [-0.05, 0) is 129 Å². The molecule has 0 spiro atoms. The first-order valence-electron chi connectivity index (χ1n) is 22.9. The second-order valence-corrected chi connectivity index (χ2v) is 20.1. The van der Waals surface area contributed by atoms with Crippen molar-refractivity contribution in [2.45, 2.75) is 97.3 Å². The molecule has 1 aromatic heterocycles. The average Bonchev–Trinajstić information content (AvgIpc) is 4.00. The van der Waals surface area contributed by atoms with Crippen molar-refractivity contribution in [3.8, 4) is 28.0 Å². The van der Waals surface area contributed by atoms with Gasteiger partial charge in [0.05, 0.1) is 58.3 Å². The number of ether oxygens (including phenoxy) is 2. The molecule has 0 bridgehead atoms. The van der Waals surface area contributed by atoms with E-state index < -0.39 is 70.1 Å². The molecule has 3 heterocycles. The van der Waals surface area contributed by atoms with Crippen molar-refractivity contribution in [2.75, 3.05) is 29.6 Å². The van der Waals surface area contributed by atoms with Crippen molar-refractivity contribution in [2.24, 2.45) is 5.41 Å². The normalized spacial score (nSPS) is 17.2. The molecule has 0 saturated carbocycles. The SMILES string of the molecule is Cc1ncsc1-c1ccc(CNC(=O)[C@@H]2C[C@@H](O)CN2C(=O)C(NC(=O)c2ccc(OCCCCOc3ccc(N4C(=S)N(c5ccc(C#N)c(C(F)(F)F)c5)C(=O)C4(C)C)cc3)cc2)C(C)(C)C)cc1. The molecule has 2 aliphatic heterocycles. The van der Waals surface area contributed by atoms with Crippen molar-refractivity contribution < 1.29 is 46.9 Å². The van der Waals surface area contributed by atoms with Gasteiger partial charge in [0.2, 0.25) is 11.8 Å². The van der Waals surface area contributed by atoms with Crippen LogP contribution in [0, 0.1) is 23.7 Å². The third kappa shape index (κ3) is 11.7. The Morgan fingerprint density at radius 3 is 2.11 bits per heavy atom. The molecule has 3 atom stereocenters. The van der Waals surface area contributed by atoms with Crippen molar-refractivity contribution in [1.82, 2.24) is 20.5 Å². The summed E-state index contributed by atoms with van der Waals surface area (Å²) in [7, 11) is 0. The second kappa shape index (κ2) is 21.2. The van der Waals surface area contributed by atoms with E-state index in [0.717, 1.165) is 38.7 Å². The van der Waals surface area contributed by atoms with Gasteiger partial charge in [-0.2, -0.15) is 18.4 Å². The number of aliphatic hydroxyl groups is 1. The number of aryl methyl sites for hydroxylation is 1. The Balaban J connectivity index is 0.864. The lowest BCUT2D eigenvalue weighted by molar-refractivity contribution is -0.142. The number of hydrogen-bond donors (Lipinski definition) is 3. The highest BCUT2D eigenvalue weighted by molar-refractivity contribution is 7.81. The zero-order valence-corrected chi connectivity index (χ0v) is 41.6. The largest absolute Gasteiger partial charge is 0.494 e. The van der Waals surface area contributed by atoms with Crippen molar-refractivity contribution in [3.63, 3.8) is 0 Å². The number of thiazole rings is 1. The number of aliphatic hydroxyl groups excluding tert-OH is 1. The number of halogens is 3. The van der Waals surface area contributed by atoms with Gasteiger partial charge in [0.1, 0.15) is 29.1 Å². The highest BCUT2D eigenvalue weighted by Gasteiger charge is 2.51. The number of hydrogen-bond acceptors (Lipinski definition) is 11. The third-order valence-electron chi connectivity index (χ3n) is 12.3. The molecule has 1 unspecified atom stereocenters. The predicted octanol–water partition coefficient (Wildman–Crippen LogP) is 8.59. The number of nitrogens with zero attached hydrogens (tertiary/aromatic N) is 5. The highest BCUT2D eigenvalue weighted by Crippen LogP contribution is 2.40. The number of unbranched alkanes of at least 4 members (excludes halogenated alkanes) is 1. The van der Waals surface area contributed by atoms with Crippen molar-refractivity contribution in [1.29, 1.82) is 5.26 Å². The number of nitriles is 1. The standard InChI is InChI=1S/C52H54F3N7O7S2/c1-31-43(71-30-58-31)33-11-9-32(10-12-33)28-57-46(65)42-26-38(63)29-60(42)47(66)44(50(2,3)4)59-45(64)34-14-19-39(20-15-34)68-23-7-8-24-69-40-21-17-36(18-22-40)62-49(70)61(48(67)51(62,5)6)37-16-13-35(27-56)41(25-37)52(53,54)55/h9-22,25,30,38,42,44,63H,7-8,23-24,26,28-29H2,1-6H3,(H,57,65)(H,59,64)/t38-,42+,44?/m1/s1. The van der Waals surface area contributed by atoms with Crippen LogP contribution >= 0.6 is 23.6 Å². The Morgan fingerprint density at radius 2 is 1.55 bits per heavy atom. The third-order valence-corrected chi connectivity index (χ3v) is 13.7. The van der Waals surface area contributed by atoms with Gasteiger partial charge in [-0.3, -0.25) is 24.1 Å². The Hall–Kier alpha value is -6.88. The summed E-state index contributed by atoms with van der Waals surface area (Å²) >= 11 is 7.19. The summed E-state index contributed by atoms with van der Waals surface area (Å²) in [5.41, 5.74) is 1.69. The number of thiocarbonyl (C=S) groups is 1. The molecule has 3 N–H and O–H groups in total. The van der Waals surface area contributed by atoms with Gasteiger partial charge >= 0.3 is 6.18 Å². The number of carbonyl (C=O) groups is 4. The highest BCUT2D eigenvalue weighted by atomic mass is 32.1. The molecule has 2 aliphatic rings. The Kier molecular flexibility index (Phi) is 15.5. The van der Waals surface area contributed by atoms with E-state index in [1.807, 2.05) is 52.0 Å².